The van der Waals surface area contributed by atoms with Crippen LogP contribution in [0.4, 0.5) is 11.4 Å². The monoisotopic (exact) mass is 540 g/mol. The van der Waals surface area contributed by atoms with Gasteiger partial charge in [-0.2, -0.15) is 8.42 Å². The number of nitrogens with zero attached hydrogens (tertiary/aromatic N) is 2. The van der Waals surface area contributed by atoms with Gasteiger partial charge in [-0.3, -0.25) is 14.4 Å². The molecule has 0 radical (unpaired) electrons. The quantitative estimate of drug-likeness (QED) is 0.256. The van der Waals surface area contributed by atoms with Crippen LogP contribution in [-0.4, -0.2) is 26.3 Å². The summed E-state index contributed by atoms with van der Waals surface area (Å²) in [6.07, 6.45) is -1.00. The van der Waals surface area contributed by atoms with E-state index >= 15 is 0 Å². The molecule has 0 spiro atoms. The topological polar surface area (TPSA) is 93.2 Å². The second-order valence-electron chi connectivity index (χ2n) is 9.42. The van der Waals surface area contributed by atoms with Gasteiger partial charge < -0.3 is 4.18 Å². The van der Waals surface area contributed by atoms with E-state index in [9.17, 15) is 18.0 Å². The lowest BCUT2D eigenvalue weighted by molar-refractivity contribution is -0.126. The Morgan fingerprint density at radius 3 is 1.97 bits per heavy atom. The van der Waals surface area contributed by atoms with Gasteiger partial charge in [0.15, 0.2) is 6.10 Å². The summed E-state index contributed by atoms with van der Waals surface area (Å²) >= 11 is 0. The summed E-state index contributed by atoms with van der Waals surface area (Å²) in [4.78, 5) is 34.6. The van der Waals surface area contributed by atoms with Gasteiger partial charge in [0.25, 0.3) is 5.91 Å². The van der Waals surface area contributed by atoms with Crippen LogP contribution in [0.3, 0.4) is 0 Å². The minimum atomic E-state index is -4.01. The first kappa shape index (κ1) is 24.8. The second-order valence-corrected chi connectivity index (χ2v) is 11.0. The van der Waals surface area contributed by atoms with Gasteiger partial charge in [0.05, 0.1) is 17.4 Å². The van der Waals surface area contributed by atoms with E-state index in [1.54, 1.807) is 47.5 Å². The van der Waals surface area contributed by atoms with Crippen molar-refractivity contribution in [1.29, 1.82) is 0 Å². The molecule has 0 N–H and O–H groups in total. The number of hydrogen-bond donors (Lipinski definition) is 0. The van der Waals surface area contributed by atoms with Crippen LogP contribution in [-0.2, 0) is 24.5 Å². The van der Waals surface area contributed by atoms with E-state index < -0.39 is 34.1 Å². The van der Waals surface area contributed by atoms with E-state index in [4.69, 9.17) is 9.02 Å². The fraction of sp³-hybridized carbons (Fsp3) is 0.133. The number of hydroxylamine groups is 1. The number of rotatable bonds is 6. The van der Waals surface area contributed by atoms with Crippen LogP contribution in [0.25, 0.3) is 0 Å². The maximum absolute atomic E-state index is 13.7. The van der Waals surface area contributed by atoms with Crippen LogP contribution >= 0.6 is 0 Å². The maximum atomic E-state index is 13.7. The third-order valence-electron chi connectivity index (χ3n) is 6.88. The summed E-state index contributed by atoms with van der Waals surface area (Å²) in [5, 5.41) is 1.59. The SMILES string of the molecule is Cc1ccc(N2C(=O)[C@@H]3[C@@H](c4ccc(OS(=O)(=O)c5ccccc5)cc4)N(c4ccccc4)O[C@H]3C2=O)cc1. The smallest absolute Gasteiger partial charge is 0.339 e. The molecule has 2 aliphatic rings. The number of benzene rings is 4. The number of carbonyl (C=O) groups excluding carboxylic acids is 2. The highest BCUT2D eigenvalue weighted by molar-refractivity contribution is 7.87. The molecule has 2 amide bonds. The normalized spacial score (nSPS) is 20.8. The highest BCUT2D eigenvalue weighted by Crippen LogP contribution is 2.47. The van der Waals surface area contributed by atoms with Gasteiger partial charge in [0.2, 0.25) is 5.91 Å². The molecule has 0 aromatic heterocycles. The molecule has 0 saturated carbocycles. The first-order valence-electron chi connectivity index (χ1n) is 12.4. The van der Waals surface area contributed by atoms with Gasteiger partial charge >= 0.3 is 10.1 Å². The van der Waals surface area contributed by atoms with Crippen LogP contribution in [0.5, 0.6) is 5.75 Å². The molecular weight excluding hydrogens is 516 g/mol. The molecule has 2 aliphatic heterocycles. The molecule has 9 heteroatoms. The lowest BCUT2D eigenvalue weighted by Gasteiger charge is -2.28. The number of amides is 2. The third-order valence-corrected chi connectivity index (χ3v) is 8.14. The first-order valence-corrected chi connectivity index (χ1v) is 13.8. The molecule has 2 heterocycles. The van der Waals surface area contributed by atoms with Crippen molar-refractivity contribution in [2.24, 2.45) is 5.92 Å². The Morgan fingerprint density at radius 2 is 1.33 bits per heavy atom. The number of aryl methyl sites for hydroxylation is 1. The molecule has 0 aliphatic carbocycles. The third kappa shape index (κ3) is 4.45. The molecule has 4 aromatic rings. The van der Waals surface area contributed by atoms with Crippen molar-refractivity contribution in [3.8, 4) is 5.75 Å². The summed E-state index contributed by atoms with van der Waals surface area (Å²) in [5.41, 5.74) is 2.86. The number of carbonyl (C=O) groups is 2. The van der Waals surface area contributed by atoms with E-state index in [1.165, 1.54) is 29.2 Å². The molecule has 8 nitrogen and oxygen atoms in total. The van der Waals surface area contributed by atoms with Crippen LogP contribution < -0.4 is 14.1 Å². The van der Waals surface area contributed by atoms with Gasteiger partial charge in [0, 0.05) is 0 Å². The van der Waals surface area contributed by atoms with E-state index in [2.05, 4.69) is 0 Å². The molecule has 39 heavy (non-hydrogen) atoms. The number of imide groups is 1. The van der Waals surface area contributed by atoms with Crippen LogP contribution in [0.15, 0.2) is 114 Å². The van der Waals surface area contributed by atoms with Crippen molar-refractivity contribution in [1.82, 2.24) is 0 Å². The number of para-hydroxylation sites is 1. The molecule has 6 rings (SSSR count). The lowest BCUT2D eigenvalue weighted by atomic mass is 9.90. The molecule has 3 atom stereocenters. The largest absolute Gasteiger partial charge is 0.379 e. The van der Waals surface area contributed by atoms with Crippen LogP contribution in [0.2, 0.25) is 0 Å². The number of anilines is 2. The Hall–Kier alpha value is -4.47. The van der Waals surface area contributed by atoms with Gasteiger partial charge in [-0.25, -0.2) is 9.96 Å². The molecule has 196 valence electrons. The average Bonchev–Trinajstić information content (AvgIpc) is 3.46. The van der Waals surface area contributed by atoms with Crippen LogP contribution in [0.1, 0.15) is 17.2 Å². The molecular formula is C30H24N2O6S. The summed E-state index contributed by atoms with van der Waals surface area (Å²) < 4.78 is 30.6. The minimum Gasteiger partial charge on any atom is -0.379 e. The maximum Gasteiger partial charge on any atom is 0.339 e. The minimum absolute atomic E-state index is 0.0441. The molecule has 4 aromatic carbocycles. The van der Waals surface area contributed by atoms with Crippen LogP contribution in [0, 0.1) is 12.8 Å². The Labute approximate surface area is 226 Å². The summed E-state index contributed by atoms with van der Waals surface area (Å²) in [5.74, 6) is -1.46. The Bertz CT molecular complexity index is 1620. The zero-order chi connectivity index (χ0) is 27.1. The average molecular weight is 541 g/mol. The second kappa shape index (κ2) is 9.68. The van der Waals surface area contributed by atoms with Gasteiger partial charge in [-0.15, -0.1) is 0 Å². The molecule has 2 fully saturated rings. The fourth-order valence-electron chi connectivity index (χ4n) is 4.98. The number of hydrogen-bond acceptors (Lipinski definition) is 7. The van der Waals surface area contributed by atoms with Gasteiger partial charge in [0.1, 0.15) is 16.6 Å². The Balaban J connectivity index is 1.34. The van der Waals surface area contributed by atoms with Crippen molar-refractivity contribution < 1.29 is 27.0 Å². The first-order chi connectivity index (χ1) is 18.8. The van der Waals surface area contributed by atoms with Crippen molar-refractivity contribution in [3.63, 3.8) is 0 Å². The highest BCUT2D eigenvalue weighted by atomic mass is 32.2. The zero-order valence-corrected chi connectivity index (χ0v) is 21.7. The Kier molecular flexibility index (Phi) is 6.17. The number of fused-ring (bicyclic) bond motifs is 1. The molecule has 0 unspecified atom stereocenters. The summed E-state index contributed by atoms with van der Waals surface area (Å²) in [6.45, 7) is 1.93. The summed E-state index contributed by atoms with van der Waals surface area (Å²) in [6, 6.07) is 30.1. The lowest BCUT2D eigenvalue weighted by Crippen LogP contribution is -2.37. The molecule has 2 saturated heterocycles. The zero-order valence-electron chi connectivity index (χ0n) is 20.9. The van der Waals surface area contributed by atoms with Gasteiger partial charge in [-0.1, -0.05) is 66.2 Å². The van der Waals surface area contributed by atoms with E-state index in [0.717, 1.165) is 5.56 Å². The van der Waals surface area contributed by atoms with Crippen molar-refractivity contribution >= 4 is 33.3 Å². The molecule has 0 bridgehead atoms. The predicted molar refractivity (Wildman–Crippen MR) is 144 cm³/mol. The predicted octanol–water partition coefficient (Wildman–Crippen LogP) is 4.81. The van der Waals surface area contributed by atoms with E-state index in [-0.39, 0.29) is 16.6 Å². The van der Waals surface area contributed by atoms with Crippen molar-refractivity contribution in [2.45, 2.75) is 24.0 Å². The fourth-order valence-corrected chi connectivity index (χ4v) is 5.93. The van der Waals surface area contributed by atoms with Crippen molar-refractivity contribution in [3.05, 3.63) is 120 Å². The van der Waals surface area contributed by atoms with E-state index in [1.807, 2.05) is 49.4 Å². The standard InChI is InChI=1S/C30H24N2O6S/c1-20-12-16-22(17-13-20)31-29(33)26-27(32(37-28(26)30(31)34)23-8-4-2-5-9-23)21-14-18-24(19-15-21)38-39(35,36)25-10-6-3-7-11-25/h2-19,26-28H,1H3/t26-,27-,28-/m1/s1. The van der Waals surface area contributed by atoms with Gasteiger partial charge in [-0.05, 0) is 61.0 Å². The van der Waals surface area contributed by atoms with Crippen molar-refractivity contribution in [2.75, 3.05) is 9.96 Å². The highest BCUT2D eigenvalue weighted by Gasteiger charge is 2.60. The van der Waals surface area contributed by atoms with E-state index in [0.29, 0.717) is 16.9 Å². The summed E-state index contributed by atoms with van der Waals surface area (Å²) in [7, 11) is -4.01. The Morgan fingerprint density at radius 1 is 0.718 bits per heavy atom.